The Balaban J connectivity index is 1.67. The Morgan fingerprint density at radius 1 is 0.905 bits per heavy atom. The Bertz CT molecular complexity index is 781. The highest BCUT2D eigenvalue weighted by Crippen LogP contribution is 2.26. The molecule has 0 spiro atoms. The number of rotatable bonds is 5. The van der Waals surface area contributed by atoms with Crippen LogP contribution in [0.3, 0.4) is 0 Å². The predicted octanol–water partition coefficient (Wildman–Crippen LogP) is 5.07. The van der Waals surface area contributed by atoms with Crippen LogP contribution in [-0.4, -0.2) is 9.97 Å². The molecule has 0 aliphatic rings. The monoisotopic (exact) mass is 274 g/mol. The summed E-state index contributed by atoms with van der Waals surface area (Å²) in [6, 6.07) is 12.5. The number of nitrogens with one attached hydrogen (secondary N) is 1. The van der Waals surface area contributed by atoms with E-state index in [-0.39, 0.29) is 0 Å². The largest absolute Gasteiger partial charge is 0.361 e. The molecule has 104 valence electrons. The zero-order valence-corrected chi connectivity index (χ0v) is 12.0. The summed E-state index contributed by atoms with van der Waals surface area (Å²) in [6.45, 7) is 8.38. The number of fused-ring (bicyclic) bond motifs is 1. The molecule has 0 saturated carbocycles. The van der Waals surface area contributed by atoms with Gasteiger partial charge < -0.3 is 4.98 Å². The van der Waals surface area contributed by atoms with Crippen molar-refractivity contribution in [1.29, 1.82) is 0 Å². The molecule has 0 fully saturated rings. The van der Waals surface area contributed by atoms with E-state index in [1.165, 1.54) is 10.9 Å². The molecule has 1 aromatic carbocycles. The second-order valence-electron chi connectivity index (χ2n) is 5.22. The summed E-state index contributed by atoms with van der Waals surface area (Å²) in [5, 5.41) is 1.22. The van der Waals surface area contributed by atoms with Gasteiger partial charge in [-0.1, -0.05) is 19.2 Å². The van der Waals surface area contributed by atoms with Gasteiger partial charge in [0.1, 0.15) is 0 Å². The highest BCUT2D eigenvalue weighted by Gasteiger charge is 2.04. The van der Waals surface area contributed by atoms with Crippen molar-refractivity contribution in [3.05, 3.63) is 79.3 Å². The van der Waals surface area contributed by atoms with Crippen molar-refractivity contribution >= 4 is 22.0 Å². The van der Waals surface area contributed by atoms with Crippen LogP contribution in [0.15, 0.2) is 68.1 Å². The molecular formula is C19H18N2. The molecule has 0 aliphatic carbocycles. The van der Waals surface area contributed by atoms with Crippen molar-refractivity contribution in [1.82, 2.24) is 9.97 Å². The maximum atomic E-state index is 4.22. The molecule has 3 rings (SSSR count). The van der Waals surface area contributed by atoms with Crippen molar-refractivity contribution in [2.45, 2.75) is 12.8 Å². The number of H-pyrrole nitrogens is 1. The molecule has 2 nitrogen and oxygen atoms in total. The molecular weight excluding hydrogens is 256 g/mol. The summed E-state index contributed by atoms with van der Waals surface area (Å²) in [4.78, 5) is 7.24. The van der Waals surface area contributed by atoms with Crippen molar-refractivity contribution in [2.24, 2.45) is 0 Å². The first-order valence-electron chi connectivity index (χ1n) is 7.07. The normalized spacial score (nSPS) is 10.7. The van der Waals surface area contributed by atoms with Gasteiger partial charge in [-0.2, -0.15) is 0 Å². The van der Waals surface area contributed by atoms with Gasteiger partial charge in [0.05, 0.1) is 0 Å². The third kappa shape index (κ3) is 2.95. The minimum atomic E-state index is 0.911. The third-order valence-corrected chi connectivity index (χ3v) is 3.78. The number of aromatic amines is 1. The predicted molar refractivity (Wildman–Crippen MR) is 89.8 cm³/mol. The summed E-state index contributed by atoms with van der Waals surface area (Å²) in [5.74, 6) is 0. The molecule has 0 atom stereocenters. The minimum Gasteiger partial charge on any atom is -0.361 e. The number of aromatic nitrogens is 2. The second kappa shape index (κ2) is 5.80. The number of hydrogen-bond donors (Lipinski definition) is 1. The maximum Gasteiger partial charge on any atom is 0.0454 e. The van der Waals surface area contributed by atoms with Crippen LogP contribution < -0.4 is 0 Å². The number of hydrogen-bond acceptors (Lipinski definition) is 1. The van der Waals surface area contributed by atoms with Gasteiger partial charge in [-0.05, 0) is 70.8 Å². The van der Waals surface area contributed by atoms with E-state index in [0.29, 0.717) is 0 Å². The Labute approximate surface area is 124 Å². The summed E-state index contributed by atoms with van der Waals surface area (Å²) in [6.07, 6.45) is 7.39. The van der Waals surface area contributed by atoms with Crippen LogP contribution >= 0.6 is 0 Å². The van der Waals surface area contributed by atoms with E-state index < -0.39 is 0 Å². The van der Waals surface area contributed by atoms with E-state index in [4.69, 9.17) is 0 Å². The molecule has 0 saturated heterocycles. The van der Waals surface area contributed by atoms with E-state index in [2.05, 4.69) is 47.4 Å². The van der Waals surface area contributed by atoms with Crippen LogP contribution in [0.2, 0.25) is 0 Å². The SMILES string of the molecule is C=C(CCC(=C)c1ccc2[nH]ccc2c1)c1ccncc1. The second-order valence-corrected chi connectivity index (χ2v) is 5.22. The molecule has 0 radical (unpaired) electrons. The van der Waals surface area contributed by atoms with Crippen LogP contribution in [0.4, 0.5) is 0 Å². The quantitative estimate of drug-likeness (QED) is 0.691. The Hall–Kier alpha value is -2.61. The van der Waals surface area contributed by atoms with Gasteiger partial charge in [-0.3, -0.25) is 4.98 Å². The topological polar surface area (TPSA) is 28.7 Å². The van der Waals surface area contributed by atoms with E-state index in [9.17, 15) is 0 Å². The molecule has 2 heteroatoms. The Kier molecular flexibility index (Phi) is 3.69. The summed E-state index contributed by atoms with van der Waals surface area (Å²) in [7, 11) is 0. The van der Waals surface area contributed by atoms with Crippen molar-refractivity contribution in [3.8, 4) is 0 Å². The van der Waals surface area contributed by atoms with Crippen molar-refractivity contribution in [3.63, 3.8) is 0 Å². The van der Waals surface area contributed by atoms with Crippen LogP contribution in [0.25, 0.3) is 22.0 Å². The van der Waals surface area contributed by atoms with Crippen LogP contribution in [-0.2, 0) is 0 Å². The number of pyridine rings is 1. The fourth-order valence-electron chi connectivity index (χ4n) is 2.45. The first-order chi connectivity index (χ1) is 10.2. The van der Waals surface area contributed by atoms with Gasteiger partial charge in [-0.25, -0.2) is 0 Å². The molecule has 0 bridgehead atoms. The molecule has 3 aromatic rings. The highest BCUT2D eigenvalue weighted by atomic mass is 14.7. The van der Waals surface area contributed by atoms with Crippen LogP contribution in [0, 0.1) is 0 Å². The van der Waals surface area contributed by atoms with E-state index >= 15 is 0 Å². The average Bonchev–Trinajstić information content (AvgIpc) is 3.00. The fourth-order valence-corrected chi connectivity index (χ4v) is 2.45. The molecule has 21 heavy (non-hydrogen) atoms. The highest BCUT2D eigenvalue weighted by molar-refractivity contribution is 5.83. The lowest BCUT2D eigenvalue weighted by molar-refractivity contribution is 1.09. The zero-order chi connectivity index (χ0) is 14.7. The van der Waals surface area contributed by atoms with Crippen LogP contribution in [0.1, 0.15) is 24.0 Å². The number of benzene rings is 1. The van der Waals surface area contributed by atoms with E-state index in [0.717, 1.165) is 35.1 Å². The Morgan fingerprint density at radius 3 is 2.38 bits per heavy atom. The Morgan fingerprint density at radius 2 is 1.62 bits per heavy atom. The first-order valence-corrected chi connectivity index (χ1v) is 7.07. The maximum absolute atomic E-state index is 4.22. The molecule has 0 unspecified atom stereocenters. The summed E-state index contributed by atoms with van der Waals surface area (Å²) < 4.78 is 0. The van der Waals surface area contributed by atoms with Gasteiger partial charge in [-0.15, -0.1) is 0 Å². The zero-order valence-electron chi connectivity index (χ0n) is 12.0. The van der Waals surface area contributed by atoms with Gasteiger partial charge in [0, 0.05) is 24.1 Å². The number of allylic oxidation sites excluding steroid dienone is 2. The molecule has 1 N–H and O–H groups in total. The minimum absolute atomic E-state index is 0.911. The lowest BCUT2D eigenvalue weighted by Gasteiger charge is -2.09. The average molecular weight is 274 g/mol. The van der Waals surface area contributed by atoms with Gasteiger partial charge in [0.15, 0.2) is 0 Å². The molecule has 2 heterocycles. The molecule has 2 aromatic heterocycles. The number of nitrogens with zero attached hydrogens (tertiary/aromatic N) is 1. The first kappa shape index (κ1) is 13.4. The molecule has 0 amide bonds. The third-order valence-electron chi connectivity index (χ3n) is 3.78. The van der Waals surface area contributed by atoms with E-state index in [1.54, 1.807) is 12.4 Å². The summed E-state index contributed by atoms with van der Waals surface area (Å²) in [5.41, 5.74) is 5.78. The van der Waals surface area contributed by atoms with Crippen molar-refractivity contribution in [2.75, 3.05) is 0 Å². The molecule has 0 aliphatic heterocycles. The van der Waals surface area contributed by atoms with E-state index in [1.807, 2.05) is 18.3 Å². The van der Waals surface area contributed by atoms with Gasteiger partial charge >= 0.3 is 0 Å². The standard InChI is InChI=1S/C19H18N2/c1-14(16-7-10-20-11-8-16)3-4-15(2)17-5-6-19-18(13-17)9-12-21-19/h5-13,21H,1-4H2. The van der Waals surface area contributed by atoms with Gasteiger partial charge in [0.2, 0.25) is 0 Å². The fraction of sp³-hybridized carbons (Fsp3) is 0.105. The van der Waals surface area contributed by atoms with Gasteiger partial charge in [0.25, 0.3) is 0 Å². The van der Waals surface area contributed by atoms with Crippen LogP contribution in [0.5, 0.6) is 0 Å². The summed E-state index contributed by atoms with van der Waals surface area (Å²) >= 11 is 0. The van der Waals surface area contributed by atoms with Crippen molar-refractivity contribution < 1.29 is 0 Å². The smallest absolute Gasteiger partial charge is 0.0454 e. The lowest BCUT2D eigenvalue weighted by atomic mass is 9.97. The lowest BCUT2D eigenvalue weighted by Crippen LogP contribution is -1.87.